The maximum Gasteiger partial charge on any atom is 0.407 e. The predicted molar refractivity (Wildman–Crippen MR) is 35.9 cm³/mol. The molecular weight excluding hydrogens is 130 g/mol. The molecule has 56 valence electrons. The van der Waals surface area contributed by atoms with Gasteiger partial charge < -0.3 is 10.0 Å². The standard InChI is InChI=1S/C7H11NO2/c9-6(10)8-5-4-7(8)2-1-3-7/h1-5H2,(H,9,10). The topological polar surface area (TPSA) is 40.5 Å². The minimum absolute atomic E-state index is 0.117. The van der Waals surface area contributed by atoms with Crippen LogP contribution in [0.5, 0.6) is 0 Å². The fourth-order valence-electron chi connectivity index (χ4n) is 1.94. The van der Waals surface area contributed by atoms with E-state index < -0.39 is 6.09 Å². The Morgan fingerprint density at radius 2 is 2.10 bits per heavy atom. The molecule has 0 unspecified atom stereocenters. The Morgan fingerprint density at radius 3 is 2.20 bits per heavy atom. The Labute approximate surface area is 59.6 Å². The van der Waals surface area contributed by atoms with Crippen molar-refractivity contribution in [2.24, 2.45) is 0 Å². The van der Waals surface area contributed by atoms with E-state index in [2.05, 4.69) is 0 Å². The molecule has 2 aliphatic rings. The molecule has 1 aliphatic heterocycles. The molecule has 1 saturated heterocycles. The van der Waals surface area contributed by atoms with Gasteiger partial charge in [-0.25, -0.2) is 4.79 Å². The van der Waals surface area contributed by atoms with Crippen molar-refractivity contribution in [3.8, 4) is 0 Å². The van der Waals surface area contributed by atoms with Crippen LogP contribution in [0.15, 0.2) is 0 Å². The van der Waals surface area contributed by atoms with Crippen LogP contribution in [0, 0.1) is 0 Å². The molecule has 0 aromatic carbocycles. The van der Waals surface area contributed by atoms with Gasteiger partial charge in [-0.05, 0) is 25.7 Å². The van der Waals surface area contributed by atoms with Gasteiger partial charge in [-0.3, -0.25) is 0 Å². The minimum atomic E-state index is -0.731. The second-order valence-electron chi connectivity index (χ2n) is 3.26. The van der Waals surface area contributed by atoms with Gasteiger partial charge in [0.15, 0.2) is 0 Å². The minimum Gasteiger partial charge on any atom is -0.465 e. The fraction of sp³-hybridized carbons (Fsp3) is 0.857. The van der Waals surface area contributed by atoms with Gasteiger partial charge in [0.1, 0.15) is 0 Å². The van der Waals surface area contributed by atoms with E-state index in [0.29, 0.717) is 0 Å². The molecule has 1 saturated carbocycles. The highest BCUT2D eigenvalue weighted by Crippen LogP contribution is 2.46. The van der Waals surface area contributed by atoms with Gasteiger partial charge in [-0.15, -0.1) is 0 Å². The van der Waals surface area contributed by atoms with E-state index in [4.69, 9.17) is 5.11 Å². The highest BCUT2D eigenvalue weighted by Gasteiger charge is 2.51. The molecule has 1 aliphatic carbocycles. The number of likely N-dealkylation sites (tertiary alicyclic amines) is 1. The summed E-state index contributed by atoms with van der Waals surface area (Å²) < 4.78 is 0. The Hall–Kier alpha value is -0.730. The smallest absolute Gasteiger partial charge is 0.407 e. The van der Waals surface area contributed by atoms with E-state index >= 15 is 0 Å². The van der Waals surface area contributed by atoms with E-state index in [1.165, 1.54) is 6.42 Å². The van der Waals surface area contributed by atoms with Crippen LogP contribution in [-0.4, -0.2) is 28.2 Å². The summed E-state index contributed by atoms with van der Waals surface area (Å²) in [5.74, 6) is 0. The summed E-state index contributed by atoms with van der Waals surface area (Å²) in [4.78, 5) is 12.1. The molecule has 0 atom stereocenters. The number of nitrogens with zero attached hydrogens (tertiary/aromatic N) is 1. The highest BCUT2D eigenvalue weighted by atomic mass is 16.4. The zero-order valence-corrected chi connectivity index (χ0v) is 5.84. The second-order valence-corrected chi connectivity index (χ2v) is 3.26. The maximum absolute atomic E-state index is 10.5. The van der Waals surface area contributed by atoms with Crippen LogP contribution in [0.25, 0.3) is 0 Å². The zero-order valence-electron chi connectivity index (χ0n) is 5.84. The third-order valence-electron chi connectivity index (χ3n) is 2.89. The van der Waals surface area contributed by atoms with Gasteiger partial charge in [0, 0.05) is 12.1 Å². The Kier molecular flexibility index (Phi) is 0.993. The van der Waals surface area contributed by atoms with Crippen LogP contribution in [0.2, 0.25) is 0 Å². The van der Waals surface area contributed by atoms with Crippen molar-refractivity contribution in [3.63, 3.8) is 0 Å². The first kappa shape index (κ1) is 6.01. The average Bonchev–Trinajstić information content (AvgIpc) is 1.53. The van der Waals surface area contributed by atoms with Crippen molar-refractivity contribution in [1.82, 2.24) is 4.90 Å². The van der Waals surface area contributed by atoms with Gasteiger partial charge >= 0.3 is 6.09 Å². The van der Waals surface area contributed by atoms with Crippen LogP contribution in [0.4, 0.5) is 4.79 Å². The number of carboxylic acid groups (broad SMARTS) is 1. The van der Waals surface area contributed by atoms with Crippen molar-refractivity contribution in [2.45, 2.75) is 31.2 Å². The van der Waals surface area contributed by atoms with E-state index in [-0.39, 0.29) is 5.54 Å². The predicted octanol–water partition coefficient (Wildman–Crippen LogP) is 1.29. The molecule has 1 amide bonds. The molecular formula is C7H11NO2. The zero-order chi connectivity index (χ0) is 7.19. The fourth-order valence-corrected chi connectivity index (χ4v) is 1.94. The Morgan fingerprint density at radius 1 is 1.40 bits per heavy atom. The number of hydrogen-bond acceptors (Lipinski definition) is 1. The molecule has 0 radical (unpaired) electrons. The number of amides is 1. The maximum atomic E-state index is 10.5. The molecule has 2 fully saturated rings. The van der Waals surface area contributed by atoms with Crippen molar-refractivity contribution >= 4 is 6.09 Å². The summed E-state index contributed by atoms with van der Waals surface area (Å²) in [5, 5.41) is 8.66. The molecule has 1 spiro atoms. The summed E-state index contributed by atoms with van der Waals surface area (Å²) in [6, 6.07) is 0. The van der Waals surface area contributed by atoms with Crippen LogP contribution < -0.4 is 0 Å². The first-order chi connectivity index (χ1) is 4.75. The van der Waals surface area contributed by atoms with E-state index in [1.807, 2.05) is 0 Å². The molecule has 3 heteroatoms. The van der Waals surface area contributed by atoms with Crippen molar-refractivity contribution in [3.05, 3.63) is 0 Å². The van der Waals surface area contributed by atoms with Crippen molar-refractivity contribution in [2.75, 3.05) is 6.54 Å². The SMILES string of the molecule is O=C(O)N1CCC12CCC2. The molecule has 10 heavy (non-hydrogen) atoms. The van der Waals surface area contributed by atoms with E-state index in [1.54, 1.807) is 4.90 Å². The summed E-state index contributed by atoms with van der Waals surface area (Å²) in [6.07, 6.45) is 3.77. The van der Waals surface area contributed by atoms with Crippen LogP contribution in [0.3, 0.4) is 0 Å². The van der Waals surface area contributed by atoms with Crippen LogP contribution in [0.1, 0.15) is 25.7 Å². The van der Waals surface area contributed by atoms with E-state index in [9.17, 15) is 4.79 Å². The largest absolute Gasteiger partial charge is 0.465 e. The van der Waals surface area contributed by atoms with Gasteiger partial charge in [0.2, 0.25) is 0 Å². The lowest BCUT2D eigenvalue weighted by Crippen LogP contribution is -2.65. The van der Waals surface area contributed by atoms with Gasteiger partial charge in [0.25, 0.3) is 0 Å². The number of carbonyl (C=O) groups is 1. The van der Waals surface area contributed by atoms with Gasteiger partial charge in [-0.2, -0.15) is 0 Å². The lowest BCUT2D eigenvalue weighted by molar-refractivity contribution is -0.0523. The van der Waals surface area contributed by atoms with Crippen LogP contribution in [-0.2, 0) is 0 Å². The third-order valence-corrected chi connectivity index (χ3v) is 2.89. The average molecular weight is 141 g/mol. The summed E-state index contributed by atoms with van der Waals surface area (Å²) in [5.41, 5.74) is 0.117. The molecule has 0 aromatic rings. The van der Waals surface area contributed by atoms with Crippen LogP contribution >= 0.6 is 0 Å². The number of hydrogen-bond donors (Lipinski definition) is 1. The lowest BCUT2D eigenvalue weighted by Gasteiger charge is -2.57. The quantitative estimate of drug-likeness (QED) is 0.552. The van der Waals surface area contributed by atoms with E-state index in [0.717, 1.165) is 25.8 Å². The molecule has 3 nitrogen and oxygen atoms in total. The molecule has 1 N–H and O–H groups in total. The third kappa shape index (κ3) is 0.528. The second kappa shape index (κ2) is 1.65. The first-order valence-corrected chi connectivity index (χ1v) is 3.75. The molecule has 0 bridgehead atoms. The van der Waals surface area contributed by atoms with Gasteiger partial charge in [0.05, 0.1) is 0 Å². The first-order valence-electron chi connectivity index (χ1n) is 3.75. The molecule has 1 heterocycles. The lowest BCUT2D eigenvalue weighted by atomic mass is 9.68. The Bertz CT molecular complexity index is 169. The molecule has 0 aromatic heterocycles. The molecule has 2 rings (SSSR count). The highest BCUT2D eigenvalue weighted by molar-refractivity contribution is 5.67. The normalized spacial score (nSPS) is 27.4. The summed E-state index contributed by atoms with van der Waals surface area (Å²) >= 11 is 0. The monoisotopic (exact) mass is 141 g/mol. The van der Waals surface area contributed by atoms with Crippen molar-refractivity contribution in [1.29, 1.82) is 0 Å². The summed E-state index contributed by atoms with van der Waals surface area (Å²) in [6.45, 7) is 0.759. The Balaban J connectivity index is 2.05. The van der Waals surface area contributed by atoms with Gasteiger partial charge in [-0.1, -0.05) is 0 Å². The number of rotatable bonds is 0. The van der Waals surface area contributed by atoms with Crippen molar-refractivity contribution < 1.29 is 9.90 Å². The summed E-state index contributed by atoms with van der Waals surface area (Å²) in [7, 11) is 0.